The summed E-state index contributed by atoms with van der Waals surface area (Å²) in [6.45, 7) is 13.0. The van der Waals surface area contributed by atoms with Crippen LogP contribution < -0.4 is 0 Å². The first-order chi connectivity index (χ1) is 10.7. The van der Waals surface area contributed by atoms with Crippen LogP contribution >= 0.6 is 0 Å². The normalized spacial score (nSPS) is 36.5. The molecule has 0 N–H and O–H groups in total. The van der Waals surface area contributed by atoms with Crippen molar-refractivity contribution in [3.05, 3.63) is 0 Å². The molecule has 128 valence electrons. The van der Waals surface area contributed by atoms with Gasteiger partial charge in [0.05, 0.1) is 0 Å². The Morgan fingerprint density at radius 3 is 2.05 bits per heavy atom. The Kier molecular flexibility index (Phi) is 6.21. The molecule has 0 bridgehead atoms. The zero-order chi connectivity index (χ0) is 15.4. The first kappa shape index (κ1) is 16.8. The Hall–Kier alpha value is -0.0800. The molecule has 3 rings (SSSR count). The molecule has 22 heavy (non-hydrogen) atoms. The Morgan fingerprint density at radius 2 is 1.36 bits per heavy atom. The van der Waals surface area contributed by atoms with Gasteiger partial charge in [-0.25, -0.2) is 0 Å². The van der Waals surface area contributed by atoms with E-state index in [2.05, 4.69) is 23.6 Å². The molecule has 2 nitrogen and oxygen atoms in total. The van der Waals surface area contributed by atoms with Crippen LogP contribution in [0.3, 0.4) is 0 Å². The van der Waals surface area contributed by atoms with E-state index in [0.717, 1.165) is 23.7 Å². The Bertz CT molecular complexity index is 316. The Morgan fingerprint density at radius 1 is 0.727 bits per heavy atom. The number of rotatable bonds is 4. The van der Waals surface area contributed by atoms with Gasteiger partial charge in [-0.05, 0) is 42.9 Å². The highest BCUT2D eigenvalue weighted by Gasteiger charge is 2.28. The van der Waals surface area contributed by atoms with Gasteiger partial charge in [-0.2, -0.15) is 0 Å². The minimum atomic E-state index is 0.955. The van der Waals surface area contributed by atoms with Crippen LogP contribution in [-0.4, -0.2) is 49.1 Å². The number of nitrogens with zero attached hydrogens (tertiary/aromatic N) is 2. The van der Waals surface area contributed by atoms with Gasteiger partial charge in [-0.3, -0.25) is 0 Å². The van der Waals surface area contributed by atoms with Crippen molar-refractivity contribution in [1.29, 1.82) is 0 Å². The molecule has 0 aromatic carbocycles. The van der Waals surface area contributed by atoms with E-state index in [0.29, 0.717) is 0 Å². The first-order valence-electron chi connectivity index (χ1n) is 10.2. The predicted octanol–water partition coefficient (Wildman–Crippen LogP) is 4.26. The van der Waals surface area contributed by atoms with Crippen LogP contribution in [0.5, 0.6) is 0 Å². The van der Waals surface area contributed by atoms with Crippen molar-refractivity contribution in [2.75, 3.05) is 39.3 Å². The van der Waals surface area contributed by atoms with Crippen molar-refractivity contribution in [3.63, 3.8) is 0 Å². The summed E-state index contributed by atoms with van der Waals surface area (Å²) in [7, 11) is 0. The topological polar surface area (TPSA) is 6.48 Å². The van der Waals surface area contributed by atoms with Crippen molar-refractivity contribution < 1.29 is 0 Å². The maximum Gasteiger partial charge on any atom is 0.0110 e. The summed E-state index contributed by atoms with van der Waals surface area (Å²) in [6.07, 6.45) is 11.9. The van der Waals surface area contributed by atoms with Gasteiger partial charge in [0.2, 0.25) is 0 Å². The molecule has 2 aliphatic carbocycles. The van der Waals surface area contributed by atoms with E-state index in [4.69, 9.17) is 0 Å². The predicted molar refractivity (Wildman–Crippen MR) is 95.1 cm³/mol. The van der Waals surface area contributed by atoms with E-state index >= 15 is 0 Å². The average molecular weight is 307 g/mol. The summed E-state index contributed by atoms with van der Waals surface area (Å²) >= 11 is 0. The van der Waals surface area contributed by atoms with Crippen LogP contribution in [0.25, 0.3) is 0 Å². The lowest BCUT2D eigenvalue weighted by atomic mass is 9.75. The second kappa shape index (κ2) is 8.15. The van der Waals surface area contributed by atoms with Crippen molar-refractivity contribution in [2.45, 2.75) is 65.2 Å². The first-order valence-corrected chi connectivity index (χ1v) is 10.2. The molecular formula is C20H38N2. The Labute approximate surface area is 138 Å². The number of piperazine rings is 1. The molecule has 1 heterocycles. The lowest BCUT2D eigenvalue weighted by Gasteiger charge is -2.41. The van der Waals surface area contributed by atoms with E-state index in [9.17, 15) is 0 Å². The summed E-state index contributed by atoms with van der Waals surface area (Å²) in [5.74, 6) is 3.90. The molecule has 2 heteroatoms. The van der Waals surface area contributed by atoms with Gasteiger partial charge in [-0.15, -0.1) is 0 Å². The zero-order valence-electron chi connectivity index (χ0n) is 15.1. The van der Waals surface area contributed by atoms with Crippen LogP contribution in [0.1, 0.15) is 65.2 Å². The van der Waals surface area contributed by atoms with Crippen LogP contribution in [0.15, 0.2) is 0 Å². The minimum Gasteiger partial charge on any atom is -0.301 e. The van der Waals surface area contributed by atoms with E-state index in [1.54, 1.807) is 0 Å². The van der Waals surface area contributed by atoms with Crippen molar-refractivity contribution >= 4 is 0 Å². The standard InChI is InChI=1S/C20H38N2/c1-17-8-9-18(2)20(14-17)16-22-12-10-21(11-13-22)15-19-6-4-3-5-7-19/h17-20H,3-16H2,1-2H3. The van der Waals surface area contributed by atoms with Crippen LogP contribution in [0.4, 0.5) is 0 Å². The van der Waals surface area contributed by atoms with Crippen molar-refractivity contribution in [3.8, 4) is 0 Å². The smallest absolute Gasteiger partial charge is 0.0110 e. The minimum absolute atomic E-state index is 0.955. The molecule has 0 spiro atoms. The second-order valence-corrected chi connectivity index (χ2v) is 8.76. The molecule has 2 saturated carbocycles. The fourth-order valence-electron chi connectivity index (χ4n) is 5.13. The van der Waals surface area contributed by atoms with Crippen molar-refractivity contribution in [1.82, 2.24) is 9.80 Å². The van der Waals surface area contributed by atoms with Crippen LogP contribution in [0.2, 0.25) is 0 Å². The summed E-state index contributed by atoms with van der Waals surface area (Å²) in [4.78, 5) is 5.54. The molecule has 0 aromatic heterocycles. The molecule has 3 fully saturated rings. The van der Waals surface area contributed by atoms with E-state index < -0.39 is 0 Å². The van der Waals surface area contributed by atoms with E-state index in [1.807, 2.05) is 0 Å². The van der Waals surface area contributed by atoms with Crippen LogP contribution in [-0.2, 0) is 0 Å². The molecule has 3 aliphatic rings. The zero-order valence-corrected chi connectivity index (χ0v) is 15.1. The highest BCUT2D eigenvalue weighted by Crippen LogP contribution is 2.34. The van der Waals surface area contributed by atoms with Crippen molar-refractivity contribution in [2.24, 2.45) is 23.7 Å². The molecule has 3 atom stereocenters. The SMILES string of the molecule is CC1CCC(C)C(CN2CCN(CC3CCCCC3)CC2)C1. The molecule has 0 radical (unpaired) electrons. The van der Waals surface area contributed by atoms with Gasteiger partial charge in [0.25, 0.3) is 0 Å². The Balaban J connectivity index is 1.37. The molecule has 0 aromatic rings. The molecule has 3 unspecified atom stereocenters. The molecule has 0 amide bonds. The summed E-state index contributed by atoms with van der Waals surface area (Å²) in [5, 5.41) is 0. The average Bonchev–Trinajstić information content (AvgIpc) is 2.54. The van der Waals surface area contributed by atoms with Gasteiger partial charge in [0, 0.05) is 39.3 Å². The van der Waals surface area contributed by atoms with Gasteiger partial charge < -0.3 is 9.80 Å². The van der Waals surface area contributed by atoms with E-state index in [1.165, 1.54) is 90.6 Å². The maximum atomic E-state index is 2.77. The molecule has 1 aliphatic heterocycles. The largest absolute Gasteiger partial charge is 0.301 e. The molecule has 1 saturated heterocycles. The number of hydrogen-bond acceptors (Lipinski definition) is 2. The third-order valence-electron chi connectivity index (χ3n) is 6.82. The quantitative estimate of drug-likeness (QED) is 0.766. The summed E-state index contributed by atoms with van der Waals surface area (Å²) < 4.78 is 0. The highest BCUT2D eigenvalue weighted by molar-refractivity contribution is 4.82. The second-order valence-electron chi connectivity index (χ2n) is 8.76. The van der Waals surface area contributed by atoms with Crippen LogP contribution in [0, 0.1) is 23.7 Å². The lowest BCUT2D eigenvalue weighted by Crippen LogP contribution is -2.49. The van der Waals surface area contributed by atoms with Gasteiger partial charge >= 0.3 is 0 Å². The van der Waals surface area contributed by atoms with Gasteiger partial charge in [0.1, 0.15) is 0 Å². The fraction of sp³-hybridized carbons (Fsp3) is 1.00. The monoisotopic (exact) mass is 306 g/mol. The fourth-order valence-corrected chi connectivity index (χ4v) is 5.13. The van der Waals surface area contributed by atoms with Gasteiger partial charge in [0.15, 0.2) is 0 Å². The highest BCUT2D eigenvalue weighted by atomic mass is 15.3. The molecular weight excluding hydrogens is 268 g/mol. The third-order valence-corrected chi connectivity index (χ3v) is 6.82. The van der Waals surface area contributed by atoms with Gasteiger partial charge in [-0.1, -0.05) is 46.0 Å². The summed E-state index contributed by atoms with van der Waals surface area (Å²) in [6, 6.07) is 0. The lowest BCUT2D eigenvalue weighted by molar-refractivity contribution is 0.0751. The maximum absolute atomic E-state index is 2.77. The third kappa shape index (κ3) is 4.71. The van der Waals surface area contributed by atoms with E-state index in [-0.39, 0.29) is 0 Å². The summed E-state index contributed by atoms with van der Waals surface area (Å²) in [5.41, 5.74) is 0. The number of hydrogen-bond donors (Lipinski definition) is 0.